The number of ether oxygens (including phenoxy) is 1. The molecule has 3 heteroatoms. The molecule has 1 fully saturated rings. The molecule has 0 radical (unpaired) electrons. The second kappa shape index (κ2) is 8.40. The lowest BCUT2D eigenvalue weighted by Crippen LogP contribution is -2.43. The highest BCUT2D eigenvalue weighted by molar-refractivity contribution is 5.14. The van der Waals surface area contributed by atoms with Gasteiger partial charge in [0.2, 0.25) is 0 Å². The Labute approximate surface area is 123 Å². The van der Waals surface area contributed by atoms with Gasteiger partial charge in [-0.2, -0.15) is 0 Å². The highest BCUT2D eigenvalue weighted by Gasteiger charge is 2.18. The van der Waals surface area contributed by atoms with Gasteiger partial charge in [0.1, 0.15) is 0 Å². The molecule has 1 aromatic carbocycles. The number of nitrogens with one attached hydrogen (secondary N) is 1. The van der Waals surface area contributed by atoms with Gasteiger partial charge in [-0.15, -0.1) is 0 Å². The van der Waals surface area contributed by atoms with Crippen LogP contribution in [0.2, 0.25) is 0 Å². The monoisotopic (exact) mass is 276 g/mol. The van der Waals surface area contributed by atoms with E-state index in [9.17, 15) is 0 Å². The Morgan fingerprint density at radius 2 is 1.90 bits per heavy atom. The van der Waals surface area contributed by atoms with Gasteiger partial charge in [-0.25, -0.2) is 0 Å². The van der Waals surface area contributed by atoms with Gasteiger partial charge in [0.15, 0.2) is 0 Å². The molecule has 2 rings (SSSR count). The lowest BCUT2D eigenvalue weighted by atomic mass is 10.0. The first kappa shape index (κ1) is 15.5. The van der Waals surface area contributed by atoms with Crippen LogP contribution in [0.1, 0.15) is 32.3 Å². The summed E-state index contributed by atoms with van der Waals surface area (Å²) in [5.41, 5.74) is 1.42. The van der Waals surface area contributed by atoms with E-state index in [4.69, 9.17) is 4.74 Å². The third kappa shape index (κ3) is 5.61. The lowest BCUT2D eigenvalue weighted by molar-refractivity contribution is 0.0770. The van der Waals surface area contributed by atoms with E-state index >= 15 is 0 Å². The number of piperidine rings is 1. The summed E-state index contributed by atoms with van der Waals surface area (Å²) in [6.45, 7) is 9.44. The fourth-order valence-corrected chi connectivity index (χ4v) is 2.69. The largest absolute Gasteiger partial charge is 0.377 e. The smallest absolute Gasteiger partial charge is 0.0594 e. The summed E-state index contributed by atoms with van der Waals surface area (Å²) in [6.07, 6.45) is 2.83. The average molecular weight is 276 g/mol. The Kier molecular flexibility index (Phi) is 6.51. The molecule has 0 amide bonds. The van der Waals surface area contributed by atoms with Crippen molar-refractivity contribution in [2.75, 3.05) is 26.2 Å². The molecule has 20 heavy (non-hydrogen) atoms. The van der Waals surface area contributed by atoms with Crippen LogP contribution in [-0.4, -0.2) is 43.3 Å². The van der Waals surface area contributed by atoms with Crippen molar-refractivity contribution in [3.05, 3.63) is 35.9 Å². The van der Waals surface area contributed by atoms with E-state index in [2.05, 4.69) is 54.4 Å². The van der Waals surface area contributed by atoms with Crippen LogP contribution >= 0.6 is 0 Å². The van der Waals surface area contributed by atoms with E-state index in [0.717, 1.165) is 19.7 Å². The second-order valence-corrected chi connectivity index (χ2v) is 5.91. The molecule has 1 N–H and O–H groups in total. The van der Waals surface area contributed by atoms with Crippen molar-refractivity contribution >= 4 is 0 Å². The van der Waals surface area contributed by atoms with Crippen LogP contribution in [0, 0.1) is 0 Å². The molecule has 0 aromatic heterocycles. The van der Waals surface area contributed by atoms with Crippen molar-refractivity contribution in [3.8, 4) is 0 Å². The molecule has 1 aromatic rings. The summed E-state index contributed by atoms with van der Waals surface area (Å²) < 4.78 is 5.56. The zero-order valence-electron chi connectivity index (χ0n) is 12.8. The van der Waals surface area contributed by atoms with Crippen molar-refractivity contribution in [2.45, 2.75) is 45.4 Å². The Balaban J connectivity index is 1.60. The van der Waals surface area contributed by atoms with Crippen molar-refractivity contribution in [3.63, 3.8) is 0 Å². The summed E-state index contributed by atoms with van der Waals surface area (Å²) in [5.74, 6) is 0. The molecule has 0 bridgehead atoms. The predicted molar refractivity (Wildman–Crippen MR) is 83.8 cm³/mol. The van der Waals surface area contributed by atoms with Crippen molar-refractivity contribution < 1.29 is 4.74 Å². The minimum atomic E-state index is 0.338. The Hall–Kier alpha value is -0.900. The number of hydrogen-bond donors (Lipinski definition) is 1. The SMILES string of the molecule is CC(C)OCCNC1CCN(Cc2ccccc2)CC1. The first-order valence-electron chi connectivity index (χ1n) is 7.85. The van der Waals surface area contributed by atoms with E-state index in [1.165, 1.54) is 31.5 Å². The number of nitrogens with zero attached hydrogens (tertiary/aromatic N) is 1. The van der Waals surface area contributed by atoms with E-state index < -0.39 is 0 Å². The molecule has 0 atom stereocenters. The maximum absolute atomic E-state index is 5.56. The summed E-state index contributed by atoms with van der Waals surface area (Å²) in [5, 5.41) is 3.61. The molecule has 0 spiro atoms. The van der Waals surface area contributed by atoms with Gasteiger partial charge in [-0.1, -0.05) is 30.3 Å². The maximum Gasteiger partial charge on any atom is 0.0594 e. The summed E-state index contributed by atoms with van der Waals surface area (Å²) >= 11 is 0. The molecule has 0 saturated carbocycles. The van der Waals surface area contributed by atoms with Crippen molar-refractivity contribution in [2.24, 2.45) is 0 Å². The number of rotatable bonds is 7. The minimum Gasteiger partial charge on any atom is -0.377 e. The Morgan fingerprint density at radius 1 is 1.20 bits per heavy atom. The molecule has 0 aliphatic carbocycles. The molecule has 112 valence electrons. The van der Waals surface area contributed by atoms with Crippen LogP contribution in [0.15, 0.2) is 30.3 Å². The molecule has 1 aliphatic rings. The van der Waals surface area contributed by atoms with E-state index in [1.54, 1.807) is 0 Å². The molecule has 0 unspecified atom stereocenters. The van der Waals surface area contributed by atoms with E-state index in [1.807, 2.05) is 0 Å². The third-order valence-electron chi connectivity index (χ3n) is 3.82. The van der Waals surface area contributed by atoms with Crippen LogP contribution in [0.4, 0.5) is 0 Å². The first-order chi connectivity index (χ1) is 9.74. The predicted octanol–water partition coefficient (Wildman–Crippen LogP) is 2.67. The molecular formula is C17H28N2O. The molecular weight excluding hydrogens is 248 g/mol. The summed E-state index contributed by atoms with van der Waals surface area (Å²) in [4.78, 5) is 2.55. The maximum atomic E-state index is 5.56. The molecule has 1 heterocycles. The van der Waals surface area contributed by atoms with Crippen LogP contribution in [0.5, 0.6) is 0 Å². The lowest BCUT2D eigenvalue weighted by Gasteiger charge is -2.32. The topological polar surface area (TPSA) is 24.5 Å². The fourth-order valence-electron chi connectivity index (χ4n) is 2.69. The minimum absolute atomic E-state index is 0.338. The van der Waals surface area contributed by atoms with Crippen LogP contribution in [-0.2, 0) is 11.3 Å². The van der Waals surface area contributed by atoms with Crippen molar-refractivity contribution in [1.29, 1.82) is 0 Å². The van der Waals surface area contributed by atoms with E-state index in [-0.39, 0.29) is 0 Å². The highest BCUT2D eigenvalue weighted by atomic mass is 16.5. The van der Waals surface area contributed by atoms with Gasteiger partial charge in [0, 0.05) is 19.1 Å². The Bertz CT molecular complexity index is 359. The first-order valence-corrected chi connectivity index (χ1v) is 7.85. The van der Waals surface area contributed by atoms with Crippen LogP contribution in [0.25, 0.3) is 0 Å². The second-order valence-electron chi connectivity index (χ2n) is 5.91. The molecule has 1 saturated heterocycles. The third-order valence-corrected chi connectivity index (χ3v) is 3.82. The normalized spacial score (nSPS) is 17.8. The van der Waals surface area contributed by atoms with Gasteiger partial charge in [-0.3, -0.25) is 4.90 Å². The van der Waals surface area contributed by atoms with Gasteiger partial charge < -0.3 is 10.1 Å². The van der Waals surface area contributed by atoms with Gasteiger partial charge >= 0.3 is 0 Å². The van der Waals surface area contributed by atoms with Crippen molar-refractivity contribution in [1.82, 2.24) is 10.2 Å². The highest BCUT2D eigenvalue weighted by Crippen LogP contribution is 2.13. The average Bonchev–Trinajstić information content (AvgIpc) is 2.46. The standard InChI is InChI=1S/C17H28N2O/c1-15(2)20-13-10-18-17-8-11-19(12-9-17)14-16-6-4-3-5-7-16/h3-7,15,17-18H,8-14H2,1-2H3. The summed E-state index contributed by atoms with van der Waals surface area (Å²) in [7, 11) is 0. The van der Waals surface area contributed by atoms with Crippen LogP contribution in [0.3, 0.4) is 0 Å². The van der Waals surface area contributed by atoms with E-state index in [0.29, 0.717) is 12.1 Å². The number of likely N-dealkylation sites (tertiary alicyclic amines) is 1. The quantitative estimate of drug-likeness (QED) is 0.775. The zero-order valence-corrected chi connectivity index (χ0v) is 12.8. The number of benzene rings is 1. The van der Waals surface area contributed by atoms with Gasteiger partial charge in [0.05, 0.1) is 12.7 Å². The Morgan fingerprint density at radius 3 is 2.55 bits per heavy atom. The van der Waals surface area contributed by atoms with Crippen LogP contribution < -0.4 is 5.32 Å². The zero-order chi connectivity index (χ0) is 14.2. The van der Waals surface area contributed by atoms with Gasteiger partial charge in [0.25, 0.3) is 0 Å². The van der Waals surface area contributed by atoms with Gasteiger partial charge in [-0.05, 0) is 45.3 Å². The number of hydrogen-bond acceptors (Lipinski definition) is 3. The molecule has 1 aliphatic heterocycles. The fraction of sp³-hybridized carbons (Fsp3) is 0.647. The molecule has 3 nitrogen and oxygen atoms in total. The summed E-state index contributed by atoms with van der Waals surface area (Å²) in [6, 6.07) is 11.4.